The molecule has 1 saturated heterocycles. The molecule has 0 bridgehead atoms. The van der Waals surface area contributed by atoms with Crippen LogP contribution in [0.25, 0.3) is 0 Å². The summed E-state index contributed by atoms with van der Waals surface area (Å²) in [5.74, 6) is 1.26. The molecule has 0 amide bonds. The highest BCUT2D eigenvalue weighted by atomic mass is 15.2. The highest BCUT2D eigenvalue weighted by Gasteiger charge is 2.21. The molecule has 1 fully saturated rings. The minimum Gasteiger partial charge on any atom is -0.370 e. The van der Waals surface area contributed by atoms with Crippen LogP contribution in [0.15, 0.2) is 35.3 Å². The molecule has 1 heterocycles. The fourth-order valence-electron chi connectivity index (χ4n) is 2.84. The van der Waals surface area contributed by atoms with E-state index in [1.807, 2.05) is 6.07 Å². The van der Waals surface area contributed by atoms with Gasteiger partial charge in [-0.1, -0.05) is 37.3 Å². The predicted molar refractivity (Wildman–Crippen MR) is 89.5 cm³/mol. The Morgan fingerprint density at radius 3 is 2.95 bits per heavy atom. The van der Waals surface area contributed by atoms with Crippen molar-refractivity contribution in [3.05, 3.63) is 35.9 Å². The van der Waals surface area contributed by atoms with Gasteiger partial charge in [0.05, 0.1) is 0 Å². The first kappa shape index (κ1) is 15.8. The molecule has 1 aliphatic heterocycles. The summed E-state index contributed by atoms with van der Waals surface area (Å²) in [6.07, 6.45) is 3.46. The van der Waals surface area contributed by atoms with Gasteiger partial charge in [-0.2, -0.15) is 0 Å². The Kier molecular flexibility index (Phi) is 6.54. The standard InChI is InChI=1S/C17H28N4/c1-2-11-21-12-9-16(14-21)13-20-17(18)19-10-8-15-6-4-3-5-7-15/h3-7,16H,2,8-14H2,1H3,(H3,18,19,20). The summed E-state index contributed by atoms with van der Waals surface area (Å²) < 4.78 is 0. The lowest BCUT2D eigenvalue weighted by Gasteiger charge is -2.13. The number of rotatable bonds is 7. The summed E-state index contributed by atoms with van der Waals surface area (Å²) in [6, 6.07) is 10.4. The number of hydrogen-bond acceptors (Lipinski definition) is 2. The number of guanidine groups is 1. The van der Waals surface area contributed by atoms with Gasteiger partial charge in [-0.3, -0.25) is 4.99 Å². The van der Waals surface area contributed by atoms with Crippen molar-refractivity contribution in [3.8, 4) is 0 Å². The number of likely N-dealkylation sites (tertiary alicyclic amines) is 1. The minimum absolute atomic E-state index is 0.583. The van der Waals surface area contributed by atoms with E-state index in [1.54, 1.807) is 0 Å². The second-order valence-corrected chi connectivity index (χ2v) is 5.84. The zero-order valence-corrected chi connectivity index (χ0v) is 13.1. The second kappa shape index (κ2) is 8.67. The first-order valence-electron chi connectivity index (χ1n) is 8.08. The Bertz CT molecular complexity index is 430. The number of hydrogen-bond donors (Lipinski definition) is 2. The van der Waals surface area contributed by atoms with Crippen molar-refractivity contribution >= 4 is 5.96 Å². The molecule has 4 nitrogen and oxygen atoms in total. The van der Waals surface area contributed by atoms with E-state index < -0.39 is 0 Å². The molecule has 1 unspecified atom stereocenters. The summed E-state index contributed by atoms with van der Waals surface area (Å²) in [4.78, 5) is 7.02. The lowest BCUT2D eigenvalue weighted by Crippen LogP contribution is -2.34. The second-order valence-electron chi connectivity index (χ2n) is 5.84. The van der Waals surface area contributed by atoms with Crippen molar-refractivity contribution in [2.45, 2.75) is 26.2 Å². The molecule has 116 valence electrons. The molecule has 3 N–H and O–H groups in total. The molecule has 21 heavy (non-hydrogen) atoms. The maximum absolute atomic E-state index is 5.93. The van der Waals surface area contributed by atoms with E-state index in [-0.39, 0.29) is 0 Å². The van der Waals surface area contributed by atoms with Crippen LogP contribution >= 0.6 is 0 Å². The van der Waals surface area contributed by atoms with Crippen LogP contribution in [0.1, 0.15) is 25.3 Å². The van der Waals surface area contributed by atoms with E-state index in [2.05, 4.69) is 46.4 Å². The van der Waals surface area contributed by atoms with Crippen LogP contribution in [-0.2, 0) is 6.42 Å². The SMILES string of the molecule is CCCN1CCC(CN=C(N)NCCc2ccccc2)C1. The van der Waals surface area contributed by atoms with E-state index in [0.717, 1.165) is 19.5 Å². The molecule has 1 atom stereocenters. The van der Waals surface area contributed by atoms with Crippen molar-refractivity contribution in [1.29, 1.82) is 0 Å². The third-order valence-electron chi connectivity index (χ3n) is 3.99. The Morgan fingerprint density at radius 2 is 2.19 bits per heavy atom. The lowest BCUT2D eigenvalue weighted by molar-refractivity contribution is 0.326. The number of nitrogens with two attached hydrogens (primary N) is 1. The van der Waals surface area contributed by atoms with Gasteiger partial charge >= 0.3 is 0 Å². The van der Waals surface area contributed by atoms with Gasteiger partial charge in [0.1, 0.15) is 0 Å². The summed E-state index contributed by atoms with van der Waals surface area (Å²) in [5.41, 5.74) is 7.26. The molecule has 1 aromatic rings. The molecule has 4 heteroatoms. The zero-order chi connectivity index (χ0) is 14.9. The van der Waals surface area contributed by atoms with Gasteiger partial charge in [0, 0.05) is 19.6 Å². The van der Waals surface area contributed by atoms with E-state index in [0.29, 0.717) is 11.9 Å². The van der Waals surface area contributed by atoms with Gasteiger partial charge in [-0.25, -0.2) is 0 Å². The van der Waals surface area contributed by atoms with E-state index in [9.17, 15) is 0 Å². The average molecular weight is 288 g/mol. The Labute approximate surface area is 128 Å². The third-order valence-corrected chi connectivity index (χ3v) is 3.99. The van der Waals surface area contributed by atoms with Crippen LogP contribution < -0.4 is 11.1 Å². The van der Waals surface area contributed by atoms with Crippen LogP contribution in [0.3, 0.4) is 0 Å². The van der Waals surface area contributed by atoms with Crippen LogP contribution in [0.5, 0.6) is 0 Å². The largest absolute Gasteiger partial charge is 0.370 e. The molecule has 2 rings (SSSR count). The zero-order valence-electron chi connectivity index (χ0n) is 13.1. The normalized spacial score (nSPS) is 19.9. The molecule has 1 aromatic carbocycles. The summed E-state index contributed by atoms with van der Waals surface area (Å²) in [5, 5.41) is 3.21. The molecule has 0 saturated carbocycles. The smallest absolute Gasteiger partial charge is 0.188 e. The monoisotopic (exact) mass is 288 g/mol. The summed E-state index contributed by atoms with van der Waals surface area (Å²) in [6.45, 7) is 7.53. The number of nitrogens with zero attached hydrogens (tertiary/aromatic N) is 2. The maximum atomic E-state index is 5.93. The Balaban J connectivity index is 1.63. The quantitative estimate of drug-likeness (QED) is 0.595. The fourth-order valence-corrected chi connectivity index (χ4v) is 2.84. The van der Waals surface area contributed by atoms with E-state index >= 15 is 0 Å². The molecule has 0 aliphatic carbocycles. The molecule has 0 spiro atoms. The van der Waals surface area contributed by atoms with Crippen molar-refractivity contribution in [3.63, 3.8) is 0 Å². The minimum atomic E-state index is 0.583. The van der Waals surface area contributed by atoms with E-state index in [4.69, 9.17) is 5.73 Å². The topological polar surface area (TPSA) is 53.6 Å². The van der Waals surface area contributed by atoms with Crippen molar-refractivity contribution in [1.82, 2.24) is 10.2 Å². The Hall–Kier alpha value is -1.55. The third kappa shape index (κ3) is 5.76. The maximum Gasteiger partial charge on any atom is 0.188 e. The molecule has 0 aromatic heterocycles. The molecular weight excluding hydrogens is 260 g/mol. The van der Waals surface area contributed by atoms with Gasteiger partial charge in [0.2, 0.25) is 0 Å². The van der Waals surface area contributed by atoms with Crippen molar-refractivity contribution in [2.75, 3.05) is 32.7 Å². The van der Waals surface area contributed by atoms with Gasteiger partial charge < -0.3 is 16.0 Å². The van der Waals surface area contributed by atoms with Crippen molar-refractivity contribution < 1.29 is 0 Å². The van der Waals surface area contributed by atoms with Gasteiger partial charge in [-0.05, 0) is 43.8 Å². The van der Waals surface area contributed by atoms with Crippen LogP contribution in [0, 0.1) is 5.92 Å². The lowest BCUT2D eigenvalue weighted by atomic mass is 10.1. The van der Waals surface area contributed by atoms with Crippen LogP contribution in [0.2, 0.25) is 0 Å². The van der Waals surface area contributed by atoms with Gasteiger partial charge in [0.25, 0.3) is 0 Å². The Morgan fingerprint density at radius 1 is 1.38 bits per heavy atom. The highest BCUT2D eigenvalue weighted by molar-refractivity contribution is 5.77. The fraction of sp³-hybridized carbons (Fsp3) is 0.588. The average Bonchev–Trinajstić information content (AvgIpc) is 2.94. The molecule has 1 aliphatic rings. The molecular formula is C17H28N4. The first-order valence-corrected chi connectivity index (χ1v) is 8.08. The highest BCUT2D eigenvalue weighted by Crippen LogP contribution is 2.16. The number of nitrogens with one attached hydrogen (secondary N) is 1. The van der Waals surface area contributed by atoms with Crippen LogP contribution in [-0.4, -0.2) is 43.6 Å². The number of benzene rings is 1. The number of aliphatic imine (C=N–C) groups is 1. The molecule has 0 radical (unpaired) electrons. The first-order chi connectivity index (χ1) is 10.3. The van der Waals surface area contributed by atoms with E-state index in [1.165, 1.54) is 38.0 Å². The van der Waals surface area contributed by atoms with Crippen LogP contribution in [0.4, 0.5) is 0 Å². The van der Waals surface area contributed by atoms with Crippen molar-refractivity contribution in [2.24, 2.45) is 16.6 Å². The summed E-state index contributed by atoms with van der Waals surface area (Å²) in [7, 11) is 0. The van der Waals surface area contributed by atoms with Gasteiger partial charge in [0.15, 0.2) is 5.96 Å². The predicted octanol–water partition coefficient (Wildman–Crippen LogP) is 1.87. The van der Waals surface area contributed by atoms with Gasteiger partial charge in [-0.15, -0.1) is 0 Å². The summed E-state index contributed by atoms with van der Waals surface area (Å²) >= 11 is 0.